The van der Waals surface area contributed by atoms with Crippen LogP contribution in [0.4, 0.5) is 4.79 Å². The minimum absolute atomic E-state index is 0.0918. The number of carbonyl (C=O) groups excluding carboxylic acids is 2. The summed E-state index contributed by atoms with van der Waals surface area (Å²) in [5.41, 5.74) is 1.48. The summed E-state index contributed by atoms with van der Waals surface area (Å²) < 4.78 is 13.3. The van der Waals surface area contributed by atoms with Crippen LogP contribution < -0.4 is 4.74 Å². The van der Waals surface area contributed by atoms with Crippen LogP contribution >= 0.6 is 0 Å². The van der Waals surface area contributed by atoms with Crippen molar-refractivity contribution in [1.29, 1.82) is 0 Å². The fourth-order valence-electron chi connectivity index (χ4n) is 5.63. The molecule has 218 valence electrons. The molecule has 3 amide bonds. The number of hydrogen-bond donors (Lipinski definition) is 1. The van der Waals surface area contributed by atoms with Crippen LogP contribution in [0, 0.1) is 11.8 Å². The summed E-state index contributed by atoms with van der Waals surface area (Å²) in [5, 5.41) is 9.95. The lowest BCUT2D eigenvalue weighted by Gasteiger charge is -2.43. The molecule has 2 atom stereocenters. The second-order valence-corrected chi connectivity index (χ2v) is 11.0. The van der Waals surface area contributed by atoms with E-state index in [4.69, 9.17) is 14.5 Å². The zero-order valence-corrected chi connectivity index (χ0v) is 23.5. The highest BCUT2D eigenvalue weighted by atomic mass is 16.5. The van der Waals surface area contributed by atoms with Gasteiger partial charge in [0.15, 0.2) is 5.69 Å². The second kappa shape index (κ2) is 12.6. The van der Waals surface area contributed by atoms with E-state index in [-0.39, 0.29) is 43.1 Å². The van der Waals surface area contributed by atoms with Crippen molar-refractivity contribution in [3.05, 3.63) is 66.1 Å². The first kappa shape index (κ1) is 28.4. The van der Waals surface area contributed by atoms with Crippen molar-refractivity contribution < 1.29 is 29.0 Å². The predicted octanol–water partition coefficient (Wildman–Crippen LogP) is 3.24. The topological polar surface area (TPSA) is 117 Å². The van der Waals surface area contributed by atoms with Crippen LogP contribution in [-0.2, 0) is 16.1 Å². The van der Waals surface area contributed by atoms with Gasteiger partial charge in [-0.05, 0) is 36.6 Å². The first-order valence-electron chi connectivity index (χ1n) is 14.1. The Morgan fingerprint density at radius 3 is 2.49 bits per heavy atom. The van der Waals surface area contributed by atoms with Crippen LogP contribution in [-0.4, -0.2) is 99.1 Å². The number of hydrogen-bond acceptors (Lipinski definition) is 6. The van der Waals surface area contributed by atoms with E-state index in [9.17, 15) is 19.5 Å². The highest BCUT2D eigenvalue weighted by molar-refractivity contribution is 5.95. The Labute approximate surface area is 239 Å². The third kappa shape index (κ3) is 6.45. The third-order valence-corrected chi connectivity index (χ3v) is 7.58. The Morgan fingerprint density at radius 1 is 1.05 bits per heavy atom. The zero-order chi connectivity index (χ0) is 28.9. The number of imidazole rings is 1. The van der Waals surface area contributed by atoms with Gasteiger partial charge in [-0.15, -0.1) is 0 Å². The molecule has 5 rings (SSSR count). The van der Waals surface area contributed by atoms with Crippen LogP contribution in [0.25, 0.3) is 5.65 Å². The summed E-state index contributed by atoms with van der Waals surface area (Å²) in [4.78, 5) is 49.4. The number of morpholine rings is 1. The van der Waals surface area contributed by atoms with Gasteiger partial charge >= 0.3 is 6.09 Å². The summed E-state index contributed by atoms with van der Waals surface area (Å²) >= 11 is 0. The third-order valence-electron chi connectivity index (χ3n) is 7.58. The van der Waals surface area contributed by atoms with Crippen molar-refractivity contribution in [1.82, 2.24) is 24.1 Å². The van der Waals surface area contributed by atoms with Gasteiger partial charge in [0.05, 0.1) is 30.9 Å². The maximum Gasteiger partial charge on any atom is 0.407 e. The highest BCUT2D eigenvalue weighted by Gasteiger charge is 2.41. The number of pyridine rings is 1. The molecule has 0 saturated carbocycles. The number of aromatic nitrogens is 2. The van der Waals surface area contributed by atoms with Crippen LogP contribution in [0.2, 0.25) is 0 Å². The maximum absolute atomic E-state index is 14.4. The van der Waals surface area contributed by atoms with E-state index in [0.29, 0.717) is 56.4 Å². The van der Waals surface area contributed by atoms with Crippen molar-refractivity contribution in [2.45, 2.75) is 32.9 Å². The molecule has 2 aliphatic heterocycles. The molecular formula is C30H37N5O6. The van der Waals surface area contributed by atoms with Gasteiger partial charge in [-0.2, -0.15) is 0 Å². The SMILES string of the molecule is CC(C)CN(C(=O)c1nc2ccccn2c1COc1ccccc1)[C@H]1C[C@@H](C(=O)N2CCOCC2)CN(C(=O)O)C1. The molecular weight excluding hydrogens is 526 g/mol. The number of ether oxygens (including phenoxy) is 2. The van der Waals surface area contributed by atoms with Gasteiger partial charge < -0.3 is 29.3 Å². The lowest BCUT2D eigenvalue weighted by atomic mass is 9.91. The molecule has 3 aromatic rings. The van der Waals surface area contributed by atoms with Gasteiger partial charge in [-0.1, -0.05) is 38.1 Å². The lowest BCUT2D eigenvalue weighted by molar-refractivity contribution is -0.142. The summed E-state index contributed by atoms with van der Waals surface area (Å²) in [7, 11) is 0. The number of likely N-dealkylation sites (tertiary alicyclic amines) is 1. The second-order valence-electron chi connectivity index (χ2n) is 11.0. The smallest absolute Gasteiger partial charge is 0.407 e. The number of rotatable bonds is 8. The molecule has 2 aliphatic rings. The summed E-state index contributed by atoms with van der Waals surface area (Å²) in [6, 6.07) is 14.4. The molecule has 4 heterocycles. The number of fused-ring (bicyclic) bond motifs is 1. The molecule has 0 unspecified atom stereocenters. The molecule has 1 N–H and O–H groups in total. The Hall–Kier alpha value is -4.12. The first-order valence-corrected chi connectivity index (χ1v) is 14.1. The Morgan fingerprint density at radius 2 is 1.78 bits per heavy atom. The molecule has 0 bridgehead atoms. The average Bonchev–Trinajstić information content (AvgIpc) is 3.37. The number of carbonyl (C=O) groups is 3. The van der Waals surface area contributed by atoms with Gasteiger partial charge in [0.1, 0.15) is 18.0 Å². The van der Waals surface area contributed by atoms with Gasteiger partial charge in [-0.3, -0.25) is 14.0 Å². The predicted molar refractivity (Wildman–Crippen MR) is 151 cm³/mol. The van der Waals surface area contributed by atoms with E-state index in [0.717, 1.165) is 0 Å². The number of para-hydroxylation sites is 1. The van der Waals surface area contributed by atoms with E-state index >= 15 is 0 Å². The number of piperidine rings is 1. The Kier molecular flexibility index (Phi) is 8.72. The van der Waals surface area contributed by atoms with E-state index in [1.165, 1.54) is 4.90 Å². The van der Waals surface area contributed by atoms with Crippen molar-refractivity contribution in [3.8, 4) is 5.75 Å². The van der Waals surface area contributed by atoms with Gasteiger partial charge in [-0.25, -0.2) is 9.78 Å². The number of carboxylic acid groups (broad SMARTS) is 1. The standard InChI is InChI=1S/C30H37N5O6/c1-21(2)17-35(23-16-22(18-33(19-23)30(38)39)28(36)32-12-14-40-15-13-32)29(37)27-25(20-41-24-8-4-3-5-9-24)34-11-7-6-10-26(34)31-27/h3-11,21-23H,12-20H2,1-2H3,(H,38,39)/t22-,23+/m1/s1. The van der Waals surface area contributed by atoms with Crippen LogP contribution in [0.1, 0.15) is 36.5 Å². The Balaban J connectivity index is 1.46. The molecule has 11 nitrogen and oxygen atoms in total. The molecule has 0 spiro atoms. The fraction of sp³-hybridized carbons (Fsp3) is 0.467. The van der Waals surface area contributed by atoms with E-state index in [1.807, 2.05) is 73.0 Å². The fourth-order valence-corrected chi connectivity index (χ4v) is 5.63. The number of amides is 3. The molecule has 0 radical (unpaired) electrons. The molecule has 2 saturated heterocycles. The van der Waals surface area contributed by atoms with Gasteiger partial charge in [0, 0.05) is 38.9 Å². The molecule has 1 aromatic carbocycles. The van der Waals surface area contributed by atoms with Crippen molar-refractivity contribution in [2.75, 3.05) is 45.9 Å². The molecule has 11 heteroatoms. The molecule has 0 aliphatic carbocycles. The number of benzene rings is 1. The zero-order valence-electron chi connectivity index (χ0n) is 23.5. The van der Waals surface area contributed by atoms with Crippen LogP contribution in [0.5, 0.6) is 5.75 Å². The van der Waals surface area contributed by atoms with Crippen molar-refractivity contribution >= 4 is 23.6 Å². The monoisotopic (exact) mass is 563 g/mol. The quantitative estimate of drug-likeness (QED) is 0.447. The van der Waals surface area contributed by atoms with Crippen molar-refractivity contribution in [2.24, 2.45) is 11.8 Å². The molecule has 2 aromatic heterocycles. The van der Waals surface area contributed by atoms with Crippen molar-refractivity contribution in [3.63, 3.8) is 0 Å². The van der Waals surface area contributed by atoms with Crippen LogP contribution in [0.3, 0.4) is 0 Å². The van der Waals surface area contributed by atoms with Gasteiger partial charge in [0.2, 0.25) is 5.91 Å². The first-order chi connectivity index (χ1) is 19.8. The van der Waals surface area contributed by atoms with E-state index in [2.05, 4.69) is 0 Å². The van der Waals surface area contributed by atoms with Gasteiger partial charge in [0.25, 0.3) is 5.91 Å². The average molecular weight is 564 g/mol. The lowest BCUT2D eigenvalue weighted by Crippen LogP contribution is -2.58. The summed E-state index contributed by atoms with van der Waals surface area (Å²) in [6.45, 7) is 6.66. The minimum Gasteiger partial charge on any atom is -0.487 e. The normalized spacial score (nSPS) is 19.4. The molecule has 41 heavy (non-hydrogen) atoms. The molecule has 2 fully saturated rings. The Bertz CT molecular complexity index is 1370. The number of nitrogens with zero attached hydrogens (tertiary/aromatic N) is 5. The summed E-state index contributed by atoms with van der Waals surface area (Å²) in [6.07, 6.45) is 1.12. The maximum atomic E-state index is 14.4. The van der Waals surface area contributed by atoms with E-state index < -0.39 is 18.1 Å². The summed E-state index contributed by atoms with van der Waals surface area (Å²) in [5.74, 6) is -0.166. The largest absolute Gasteiger partial charge is 0.487 e. The van der Waals surface area contributed by atoms with E-state index in [1.54, 1.807) is 9.80 Å². The minimum atomic E-state index is -1.10. The highest BCUT2D eigenvalue weighted by Crippen LogP contribution is 2.27. The van der Waals surface area contributed by atoms with Crippen LogP contribution in [0.15, 0.2) is 54.7 Å².